The second-order valence-electron chi connectivity index (χ2n) is 6.23. The zero-order valence-electron chi connectivity index (χ0n) is 14.2. The number of hydrogen-bond donors (Lipinski definition) is 1. The zero-order valence-corrected chi connectivity index (χ0v) is 14.2. The summed E-state index contributed by atoms with van der Waals surface area (Å²) < 4.78 is 0. The molecule has 0 fully saturated rings. The lowest BCUT2D eigenvalue weighted by Gasteiger charge is -2.06. The Balaban J connectivity index is 3.74. The summed E-state index contributed by atoms with van der Waals surface area (Å²) >= 11 is 0. The summed E-state index contributed by atoms with van der Waals surface area (Å²) in [5.41, 5.74) is 0. The third kappa shape index (κ3) is 9.42. The molecule has 0 atom stereocenters. The molecule has 0 aliphatic heterocycles. The minimum Gasteiger partial charge on any atom is -0.349 e. The van der Waals surface area contributed by atoms with Gasteiger partial charge in [0.1, 0.15) is 11.6 Å². The molecule has 0 aromatic heterocycles. The molecule has 1 N–H and O–H groups in total. The summed E-state index contributed by atoms with van der Waals surface area (Å²) in [5, 5.41) is 2.54. The van der Waals surface area contributed by atoms with Crippen molar-refractivity contribution in [1.82, 2.24) is 5.32 Å². The topological polar surface area (TPSA) is 80.3 Å². The molecular weight excluding hydrogens is 282 g/mol. The van der Waals surface area contributed by atoms with Crippen molar-refractivity contribution in [2.75, 3.05) is 6.54 Å². The van der Waals surface area contributed by atoms with Gasteiger partial charge in [0.2, 0.25) is 5.78 Å². The van der Waals surface area contributed by atoms with Gasteiger partial charge in [-0.3, -0.25) is 19.2 Å². The highest BCUT2D eigenvalue weighted by molar-refractivity contribution is 6.36. The van der Waals surface area contributed by atoms with Crippen LogP contribution in [0.25, 0.3) is 0 Å². The monoisotopic (exact) mass is 311 g/mol. The van der Waals surface area contributed by atoms with E-state index in [9.17, 15) is 19.2 Å². The van der Waals surface area contributed by atoms with Gasteiger partial charge in [0.05, 0.1) is 0 Å². The number of amides is 1. The molecule has 0 aliphatic carbocycles. The molecule has 0 radical (unpaired) electrons. The molecule has 0 unspecified atom stereocenters. The van der Waals surface area contributed by atoms with Gasteiger partial charge in [-0.2, -0.15) is 0 Å². The lowest BCUT2D eigenvalue weighted by atomic mass is 10.0. The quantitative estimate of drug-likeness (QED) is 0.443. The number of nitrogens with one attached hydrogen (secondary N) is 1. The minimum atomic E-state index is -0.591. The van der Waals surface area contributed by atoms with Crippen molar-refractivity contribution in [2.45, 2.75) is 66.2 Å². The van der Waals surface area contributed by atoms with Gasteiger partial charge in [-0.15, -0.1) is 0 Å². The van der Waals surface area contributed by atoms with Gasteiger partial charge in [-0.25, -0.2) is 0 Å². The SMILES string of the molecule is CC(C)C(=O)CCCCC(=O)C(=O)NCCCC(=O)C(C)C. The molecule has 0 spiro atoms. The second kappa shape index (κ2) is 11.1. The van der Waals surface area contributed by atoms with Crippen LogP contribution in [0.4, 0.5) is 0 Å². The molecular formula is C17H29NO4. The minimum absolute atomic E-state index is 0.00545. The predicted molar refractivity (Wildman–Crippen MR) is 85.4 cm³/mol. The van der Waals surface area contributed by atoms with Crippen molar-refractivity contribution >= 4 is 23.3 Å². The van der Waals surface area contributed by atoms with Crippen molar-refractivity contribution in [2.24, 2.45) is 11.8 Å². The predicted octanol–water partition coefficient (Wildman–Crippen LogP) is 2.46. The summed E-state index contributed by atoms with van der Waals surface area (Å²) in [6.45, 7) is 7.73. The van der Waals surface area contributed by atoms with E-state index in [4.69, 9.17) is 0 Å². The maximum absolute atomic E-state index is 11.6. The highest BCUT2D eigenvalue weighted by Gasteiger charge is 2.14. The van der Waals surface area contributed by atoms with Crippen LogP contribution in [0.3, 0.4) is 0 Å². The number of hydrogen-bond acceptors (Lipinski definition) is 4. The van der Waals surface area contributed by atoms with Gasteiger partial charge in [-0.05, 0) is 19.3 Å². The number of ketones is 3. The smallest absolute Gasteiger partial charge is 0.287 e. The van der Waals surface area contributed by atoms with Crippen LogP contribution in [-0.2, 0) is 19.2 Å². The van der Waals surface area contributed by atoms with Gasteiger partial charge >= 0.3 is 0 Å². The first-order chi connectivity index (χ1) is 10.3. The first-order valence-electron chi connectivity index (χ1n) is 8.12. The molecule has 0 aliphatic rings. The van der Waals surface area contributed by atoms with Crippen LogP contribution in [-0.4, -0.2) is 29.8 Å². The first-order valence-corrected chi connectivity index (χ1v) is 8.12. The van der Waals surface area contributed by atoms with Crippen molar-refractivity contribution in [3.63, 3.8) is 0 Å². The Hall–Kier alpha value is -1.52. The highest BCUT2D eigenvalue weighted by Crippen LogP contribution is 2.06. The maximum Gasteiger partial charge on any atom is 0.287 e. The number of rotatable bonds is 12. The van der Waals surface area contributed by atoms with E-state index in [1.54, 1.807) is 0 Å². The fourth-order valence-electron chi connectivity index (χ4n) is 1.84. The Bertz CT molecular complexity index is 361. The van der Waals surface area contributed by atoms with Crippen molar-refractivity contribution < 1.29 is 19.2 Å². The summed E-state index contributed by atoms with van der Waals surface area (Å²) in [5.74, 6) is -0.667. The van der Waals surface area contributed by atoms with Gasteiger partial charge < -0.3 is 5.32 Å². The number of Topliss-reactive ketones (excluding diaryl/α,β-unsaturated/α-hetero) is 3. The molecule has 5 heteroatoms. The Labute approximate surface area is 133 Å². The number of carbonyl (C=O) groups is 4. The number of unbranched alkanes of at least 4 members (excludes halogenated alkanes) is 1. The fraction of sp³-hybridized carbons (Fsp3) is 0.765. The van der Waals surface area contributed by atoms with Crippen LogP contribution in [0, 0.1) is 11.8 Å². The molecule has 0 aromatic carbocycles. The van der Waals surface area contributed by atoms with Gasteiger partial charge in [0.15, 0.2) is 0 Å². The van der Waals surface area contributed by atoms with E-state index in [0.717, 1.165) is 0 Å². The summed E-state index contributed by atoms with van der Waals surface area (Å²) in [6.07, 6.45) is 2.80. The van der Waals surface area contributed by atoms with E-state index < -0.39 is 11.7 Å². The second-order valence-corrected chi connectivity index (χ2v) is 6.23. The average Bonchev–Trinajstić information content (AvgIpc) is 2.46. The van der Waals surface area contributed by atoms with Crippen molar-refractivity contribution in [3.05, 3.63) is 0 Å². The van der Waals surface area contributed by atoms with E-state index in [-0.39, 0.29) is 29.8 Å². The van der Waals surface area contributed by atoms with Crippen LogP contribution in [0.2, 0.25) is 0 Å². The largest absolute Gasteiger partial charge is 0.349 e. The zero-order chi connectivity index (χ0) is 17.1. The molecule has 0 rings (SSSR count). The Kier molecular flexibility index (Phi) is 10.3. The molecule has 1 amide bonds. The average molecular weight is 311 g/mol. The van der Waals surface area contributed by atoms with E-state index in [1.165, 1.54) is 0 Å². The number of carbonyl (C=O) groups excluding carboxylic acids is 4. The molecule has 0 saturated heterocycles. The van der Waals surface area contributed by atoms with E-state index in [1.807, 2.05) is 27.7 Å². The van der Waals surface area contributed by atoms with Gasteiger partial charge in [0, 0.05) is 37.6 Å². The third-order valence-electron chi connectivity index (χ3n) is 3.50. The van der Waals surface area contributed by atoms with Crippen LogP contribution in [0.1, 0.15) is 66.2 Å². The highest BCUT2D eigenvalue weighted by atomic mass is 16.2. The van der Waals surface area contributed by atoms with Gasteiger partial charge in [0.25, 0.3) is 5.91 Å². The van der Waals surface area contributed by atoms with E-state index >= 15 is 0 Å². The standard InChI is InChI=1S/C17H29NO4/c1-12(2)14(19)8-5-6-9-16(21)17(22)18-11-7-10-15(20)13(3)4/h12-13H,5-11H2,1-4H3,(H,18,22). The van der Waals surface area contributed by atoms with E-state index in [0.29, 0.717) is 38.6 Å². The summed E-state index contributed by atoms with van der Waals surface area (Å²) in [6, 6.07) is 0. The molecule has 0 heterocycles. The van der Waals surface area contributed by atoms with Crippen LogP contribution in [0.5, 0.6) is 0 Å². The Morgan fingerprint density at radius 2 is 1.18 bits per heavy atom. The first kappa shape index (κ1) is 20.5. The fourth-order valence-corrected chi connectivity index (χ4v) is 1.84. The van der Waals surface area contributed by atoms with E-state index in [2.05, 4.69) is 5.32 Å². The Morgan fingerprint density at radius 1 is 0.727 bits per heavy atom. The van der Waals surface area contributed by atoms with Crippen LogP contribution < -0.4 is 5.32 Å². The molecule has 0 bridgehead atoms. The van der Waals surface area contributed by atoms with Crippen molar-refractivity contribution in [1.29, 1.82) is 0 Å². The Morgan fingerprint density at radius 3 is 1.68 bits per heavy atom. The molecule has 5 nitrogen and oxygen atoms in total. The van der Waals surface area contributed by atoms with Crippen LogP contribution in [0.15, 0.2) is 0 Å². The third-order valence-corrected chi connectivity index (χ3v) is 3.50. The summed E-state index contributed by atoms with van der Waals surface area (Å²) in [7, 11) is 0. The lowest BCUT2D eigenvalue weighted by Crippen LogP contribution is -2.32. The van der Waals surface area contributed by atoms with Crippen molar-refractivity contribution in [3.8, 4) is 0 Å². The normalized spacial score (nSPS) is 10.8. The lowest BCUT2D eigenvalue weighted by molar-refractivity contribution is -0.138. The maximum atomic E-state index is 11.6. The molecule has 22 heavy (non-hydrogen) atoms. The van der Waals surface area contributed by atoms with Gasteiger partial charge in [-0.1, -0.05) is 27.7 Å². The van der Waals surface area contributed by atoms with Crippen LogP contribution >= 0.6 is 0 Å². The molecule has 0 aromatic rings. The molecule has 0 saturated carbocycles. The molecule has 126 valence electrons. The summed E-state index contributed by atoms with van der Waals surface area (Å²) in [4.78, 5) is 45.9.